The van der Waals surface area contributed by atoms with Gasteiger partial charge in [-0.2, -0.15) is 0 Å². The zero-order valence-corrected chi connectivity index (χ0v) is 14.4. The quantitative estimate of drug-likeness (QED) is 0.639. The maximum absolute atomic E-state index is 5.90. The average molecular weight is 365 g/mol. The highest BCUT2D eigenvalue weighted by Gasteiger charge is 2.22. The van der Waals surface area contributed by atoms with Gasteiger partial charge in [0.15, 0.2) is 4.34 Å². The van der Waals surface area contributed by atoms with Crippen molar-refractivity contribution in [3.8, 4) is 11.3 Å². The van der Waals surface area contributed by atoms with Gasteiger partial charge in [-0.25, -0.2) is 0 Å². The van der Waals surface area contributed by atoms with Gasteiger partial charge in [-0.1, -0.05) is 52.0 Å². The number of hydrogen-bond acceptors (Lipinski definition) is 7. The number of benzene rings is 1. The van der Waals surface area contributed by atoms with Gasteiger partial charge >= 0.3 is 0 Å². The fourth-order valence-corrected chi connectivity index (χ4v) is 3.83. The molecule has 4 rings (SSSR count). The number of anilines is 1. The molecule has 2 aromatic heterocycles. The Labute approximate surface area is 146 Å². The molecule has 1 aromatic carbocycles. The van der Waals surface area contributed by atoms with Crippen molar-refractivity contribution in [3.05, 3.63) is 41.1 Å². The molecule has 0 unspecified atom stereocenters. The SMILES string of the molecule is Clc1ccc(-c2cc(CSc3nnc(NC4CC4)s3)on2)cc1. The van der Waals surface area contributed by atoms with Crippen molar-refractivity contribution < 1.29 is 4.52 Å². The van der Waals surface area contributed by atoms with Gasteiger partial charge in [-0.05, 0) is 25.0 Å². The second-order valence-electron chi connectivity index (χ2n) is 5.27. The molecule has 3 aromatic rings. The molecule has 2 heterocycles. The third-order valence-corrected chi connectivity index (χ3v) is 5.61. The van der Waals surface area contributed by atoms with Crippen molar-refractivity contribution in [1.82, 2.24) is 15.4 Å². The van der Waals surface area contributed by atoms with E-state index >= 15 is 0 Å². The van der Waals surface area contributed by atoms with Crippen molar-refractivity contribution in [2.24, 2.45) is 0 Å². The lowest BCUT2D eigenvalue weighted by atomic mass is 10.1. The van der Waals surface area contributed by atoms with Crippen LogP contribution in [0.4, 0.5) is 5.13 Å². The molecule has 1 aliphatic carbocycles. The largest absolute Gasteiger partial charge is 0.360 e. The number of halogens is 1. The van der Waals surface area contributed by atoms with Crippen molar-refractivity contribution in [1.29, 1.82) is 0 Å². The van der Waals surface area contributed by atoms with Crippen LogP contribution in [0.3, 0.4) is 0 Å². The van der Waals surface area contributed by atoms with E-state index in [1.807, 2.05) is 30.3 Å². The van der Waals surface area contributed by atoms with E-state index in [0.29, 0.717) is 16.8 Å². The van der Waals surface area contributed by atoms with Crippen LogP contribution in [-0.4, -0.2) is 21.4 Å². The summed E-state index contributed by atoms with van der Waals surface area (Å²) in [6.07, 6.45) is 2.46. The van der Waals surface area contributed by atoms with Crippen LogP contribution >= 0.6 is 34.7 Å². The minimum absolute atomic E-state index is 0.594. The Morgan fingerprint density at radius 2 is 2.09 bits per heavy atom. The number of aromatic nitrogens is 3. The molecule has 1 saturated carbocycles. The molecule has 1 aliphatic rings. The molecule has 0 radical (unpaired) electrons. The van der Waals surface area contributed by atoms with E-state index in [2.05, 4.69) is 20.7 Å². The van der Waals surface area contributed by atoms with E-state index in [0.717, 1.165) is 26.5 Å². The Hall–Kier alpha value is -1.57. The minimum Gasteiger partial charge on any atom is -0.360 e. The summed E-state index contributed by atoms with van der Waals surface area (Å²) in [6.45, 7) is 0. The molecule has 0 aliphatic heterocycles. The van der Waals surface area contributed by atoms with Crippen LogP contribution < -0.4 is 5.32 Å². The normalized spacial score (nSPS) is 14.1. The first-order valence-corrected chi connectivity index (χ1v) is 9.39. The number of nitrogens with one attached hydrogen (secondary N) is 1. The van der Waals surface area contributed by atoms with Crippen LogP contribution in [-0.2, 0) is 5.75 Å². The highest BCUT2D eigenvalue weighted by Crippen LogP contribution is 2.32. The van der Waals surface area contributed by atoms with E-state index in [4.69, 9.17) is 16.1 Å². The lowest BCUT2D eigenvalue weighted by Gasteiger charge is -1.94. The molecule has 1 fully saturated rings. The predicted molar refractivity (Wildman–Crippen MR) is 93.1 cm³/mol. The van der Waals surface area contributed by atoms with Gasteiger partial charge in [0.05, 0.1) is 5.75 Å². The molecule has 8 heteroatoms. The van der Waals surface area contributed by atoms with Gasteiger partial charge in [-0.3, -0.25) is 0 Å². The second-order valence-corrected chi connectivity index (χ2v) is 7.90. The molecule has 0 amide bonds. The zero-order valence-electron chi connectivity index (χ0n) is 12.0. The molecular formula is C15H13ClN4OS2. The van der Waals surface area contributed by atoms with Crippen LogP contribution in [0.2, 0.25) is 5.02 Å². The topological polar surface area (TPSA) is 63.8 Å². The highest BCUT2D eigenvalue weighted by atomic mass is 35.5. The summed E-state index contributed by atoms with van der Waals surface area (Å²) in [5.41, 5.74) is 1.80. The fourth-order valence-electron chi connectivity index (χ4n) is 2.00. The Morgan fingerprint density at radius 1 is 1.26 bits per heavy atom. The highest BCUT2D eigenvalue weighted by molar-refractivity contribution is 8.00. The van der Waals surface area contributed by atoms with Crippen molar-refractivity contribution in [2.45, 2.75) is 29.0 Å². The zero-order chi connectivity index (χ0) is 15.6. The molecule has 118 valence electrons. The Kier molecular flexibility index (Phi) is 4.24. The molecule has 0 atom stereocenters. The van der Waals surface area contributed by atoms with E-state index in [1.54, 1.807) is 23.1 Å². The summed E-state index contributed by atoms with van der Waals surface area (Å²) in [5.74, 6) is 1.49. The monoisotopic (exact) mass is 364 g/mol. The van der Waals surface area contributed by atoms with E-state index in [1.165, 1.54) is 12.8 Å². The average Bonchev–Trinajstić information content (AvgIpc) is 3.07. The molecule has 5 nitrogen and oxygen atoms in total. The maximum atomic E-state index is 5.90. The number of thioether (sulfide) groups is 1. The van der Waals surface area contributed by atoms with Crippen LogP contribution in [0.15, 0.2) is 39.2 Å². The second kappa shape index (κ2) is 6.51. The Balaban J connectivity index is 1.37. The van der Waals surface area contributed by atoms with Crippen molar-refractivity contribution >= 4 is 39.8 Å². The third kappa shape index (κ3) is 3.85. The number of nitrogens with zero attached hydrogens (tertiary/aromatic N) is 3. The fraction of sp³-hybridized carbons (Fsp3) is 0.267. The van der Waals surface area contributed by atoms with Crippen LogP contribution in [0.5, 0.6) is 0 Å². The number of hydrogen-bond donors (Lipinski definition) is 1. The summed E-state index contributed by atoms with van der Waals surface area (Å²) in [5, 5.41) is 17.4. The molecule has 0 saturated heterocycles. The Morgan fingerprint density at radius 3 is 2.87 bits per heavy atom. The van der Waals surface area contributed by atoms with E-state index < -0.39 is 0 Å². The summed E-state index contributed by atoms with van der Waals surface area (Å²) in [4.78, 5) is 0. The third-order valence-electron chi connectivity index (χ3n) is 3.35. The smallest absolute Gasteiger partial charge is 0.206 e. The lowest BCUT2D eigenvalue weighted by molar-refractivity contribution is 0.397. The summed E-state index contributed by atoms with van der Waals surface area (Å²) in [6, 6.07) is 10.1. The standard InChI is InChI=1S/C15H13ClN4OS2/c16-10-3-1-9(2-4-10)13-7-12(21-20-13)8-22-15-19-18-14(23-15)17-11-5-6-11/h1-4,7,11H,5-6,8H2,(H,17,18). The maximum Gasteiger partial charge on any atom is 0.206 e. The van der Waals surface area contributed by atoms with Crippen LogP contribution in [0.25, 0.3) is 11.3 Å². The number of rotatable bonds is 6. The molecule has 0 bridgehead atoms. The van der Waals surface area contributed by atoms with Gasteiger partial charge in [0, 0.05) is 22.7 Å². The van der Waals surface area contributed by atoms with Crippen molar-refractivity contribution in [2.75, 3.05) is 5.32 Å². The first-order chi connectivity index (χ1) is 11.3. The van der Waals surface area contributed by atoms with Crippen LogP contribution in [0, 0.1) is 0 Å². The first kappa shape index (κ1) is 15.0. The van der Waals surface area contributed by atoms with Crippen LogP contribution in [0.1, 0.15) is 18.6 Å². The van der Waals surface area contributed by atoms with Gasteiger partial charge in [-0.15, -0.1) is 10.2 Å². The lowest BCUT2D eigenvalue weighted by Crippen LogP contribution is -1.99. The summed E-state index contributed by atoms with van der Waals surface area (Å²) in [7, 11) is 0. The predicted octanol–water partition coefficient (Wildman–Crippen LogP) is 4.71. The van der Waals surface area contributed by atoms with Gasteiger partial charge in [0.2, 0.25) is 5.13 Å². The van der Waals surface area contributed by atoms with Crippen molar-refractivity contribution in [3.63, 3.8) is 0 Å². The summed E-state index contributed by atoms with van der Waals surface area (Å²) < 4.78 is 6.32. The molecule has 1 N–H and O–H groups in total. The first-order valence-electron chi connectivity index (χ1n) is 7.20. The van der Waals surface area contributed by atoms with Gasteiger partial charge < -0.3 is 9.84 Å². The minimum atomic E-state index is 0.594. The Bertz CT molecular complexity index is 798. The molecular weight excluding hydrogens is 352 g/mol. The summed E-state index contributed by atoms with van der Waals surface area (Å²) >= 11 is 9.08. The van der Waals surface area contributed by atoms with Gasteiger partial charge in [0.1, 0.15) is 11.5 Å². The molecule has 23 heavy (non-hydrogen) atoms. The van der Waals surface area contributed by atoms with Gasteiger partial charge in [0.25, 0.3) is 0 Å². The van der Waals surface area contributed by atoms with E-state index in [-0.39, 0.29) is 0 Å². The molecule has 0 spiro atoms. The van der Waals surface area contributed by atoms with E-state index in [9.17, 15) is 0 Å².